The van der Waals surface area contributed by atoms with Gasteiger partial charge in [-0.05, 0) is 44.5 Å². The van der Waals surface area contributed by atoms with Crippen LogP contribution >= 0.6 is 0 Å². The second-order valence-electron chi connectivity index (χ2n) is 5.77. The van der Waals surface area contributed by atoms with Crippen molar-refractivity contribution < 1.29 is 19.7 Å². The first-order valence-electron chi connectivity index (χ1n) is 6.82. The molecular formula is C16H16N2O4. The molecule has 0 amide bonds. The van der Waals surface area contributed by atoms with Crippen LogP contribution in [0.4, 0.5) is 4.79 Å². The fourth-order valence-corrected chi connectivity index (χ4v) is 2.78. The summed E-state index contributed by atoms with van der Waals surface area (Å²) in [6.07, 6.45) is 0.330. The van der Waals surface area contributed by atoms with Crippen LogP contribution in [0, 0.1) is 6.92 Å². The fraction of sp³-hybridized carbons (Fsp3) is 0.250. The Morgan fingerprint density at radius 3 is 2.77 bits per heavy atom. The van der Waals surface area contributed by atoms with E-state index in [2.05, 4.69) is 9.97 Å². The quantitative estimate of drug-likeness (QED) is 0.628. The lowest BCUT2D eigenvalue weighted by atomic mass is 9.99. The molecule has 6 heteroatoms. The minimum atomic E-state index is -1.35. The highest BCUT2D eigenvalue weighted by atomic mass is 16.7. The minimum Gasteiger partial charge on any atom is -0.508 e. The normalized spacial score (nSPS) is 12.0. The average Bonchev–Trinajstić information content (AvgIpc) is 2.76. The number of rotatable bonds is 2. The lowest BCUT2D eigenvalue weighted by Crippen LogP contribution is -2.26. The molecule has 0 unspecified atom stereocenters. The van der Waals surface area contributed by atoms with Crippen LogP contribution in [-0.2, 0) is 10.3 Å². The molecule has 0 aliphatic heterocycles. The standard InChI is InChI=1S/C16H16N2O4/c1-8-7-17-14(16(2,3)22-15(20)21)13-12(8)10-6-9(19)4-5-11(10)18-13/h4-7,18-19H,1-3H3,(H,20,21). The summed E-state index contributed by atoms with van der Waals surface area (Å²) >= 11 is 0. The van der Waals surface area contributed by atoms with Gasteiger partial charge in [-0.3, -0.25) is 4.98 Å². The Labute approximate surface area is 126 Å². The largest absolute Gasteiger partial charge is 0.508 e. The van der Waals surface area contributed by atoms with Gasteiger partial charge in [-0.2, -0.15) is 0 Å². The molecule has 0 bridgehead atoms. The highest BCUT2D eigenvalue weighted by molar-refractivity contribution is 6.10. The van der Waals surface area contributed by atoms with Crippen molar-refractivity contribution in [3.05, 3.63) is 35.7 Å². The summed E-state index contributed by atoms with van der Waals surface area (Å²) in [5, 5.41) is 20.4. The van der Waals surface area contributed by atoms with E-state index in [-0.39, 0.29) is 5.75 Å². The zero-order valence-corrected chi connectivity index (χ0v) is 12.5. The van der Waals surface area contributed by atoms with E-state index >= 15 is 0 Å². The number of carbonyl (C=O) groups is 1. The molecule has 3 aromatic rings. The van der Waals surface area contributed by atoms with E-state index < -0.39 is 11.8 Å². The van der Waals surface area contributed by atoms with Crippen molar-refractivity contribution in [1.29, 1.82) is 0 Å². The summed E-state index contributed by atoms with van der Waals surface area (Å²) < 4.78 is 4.98. The third kappa shape index (κ3) is 2.13. The van der Waals surface area contributed by atoms with Gasteiger partial charge in [0.15, 0.2) is 5.60 Å². The van der Waals surface area contributed by atoms with Crippen LogP contribution in [0.2, 0.25) is 0 Å². The maximum absolute atomic E-state index is 10.9. The molecule has 1 aromatic carbocycles. The van der Waals surface area contributed by atoms with Gasteiger partial charge >= 0.3 is 6.16 Å². The maximum Gasteiger partial charge on any atom is 0.506 e. The topological polar surface area (TPSA) is 95.4 Å². The predicted octanol–water partition coefficient (Wildman–Crippen LogP) is 3.66. The Hall–Kier alpha value is -2.76. The van der Waals surface area contributed by atoms with Crippen molar-refractivity contribution in [3.8, 4) is 5.75 Å². The molecule has 0 saturated heterocycles. The van der Waals surface area contributed by atoms with Gasteiger partial charge in [-0.25, -0.2) is 4.79 Å². The van der Waals surface area contributed by atoms with Crippen LogP contribution in [0.5, 0.6) is 5.75 Å². The Balaban J connectivity index is 2.36. The number of aromatic amines is 1. The summed E-state index contributed by atoms with van der Waals surface area (Å²) in [6, 6.07) is 5.05. The average molecular weight is 300 g/mol. The van der Waals surface area contributed by atoms with Crippen molar-refractivity contribution in [1.82, 2.24) is 9.97 Å². The number of benzene rings is 1. The molecule has 0 saturated carbocycles. The summed E-state index contributed by atoms with van der Waals surface area (Å²) in [5.74, 6) is 0.173. The van der Waals surface area contributed by atoms with E-state index in [4.69, 9.17) is 9.84 Å². The molecule has 0 fully saturated rings. The summed E-state index contributed by atoms with van der Waals surface area (Å²) in [6.45, 7) is 5.23. The number of phenolic OH excluding ortho intramolecular Hbond substituents is 1. The molecule has 0 aliphatic carbocycles. The number of pyridine rings is 1. The summed E-state index contributed by atoms with van der Waals surface area (Å²) in [4.78, 5) is 18.5. The Morgan fingerprint density at radius 2 is 2.09 bits per heavy atom. The summed E-state index contributed by atoms with van der Waals surface area (Å²) in [5.41, 5.74) is 1.90. The number of hydrogen-bond acceptors (Lipinski definition) is 4. The first-order valence-corrected chi connectivity index (χ1v) is 6.82. The number of nitrogens with one attached hydrogen (secondary N) is 1. The number of hydrogen-bond donors (Lipinski definition) is 3. The first-order chi connectivity index (χ1) is 10.3. The van der Waals surface area contributed by atoms with Crippen LogP contribution in [0.25, 0.3) is 21.8 Å². The molecule has 2 heterocycles. The van der Waals surface area contributed by atoms with Gasteiger partial charge in [-0.15, -0.1) is 0 Å². The van der Waals surface area contributed by atoms with Crippen LogP contribution in [0.3, 0.4) is 0 Å². The monoisotopic (exact) mass is 300 g/mol. The van der Waals surface area contributed by atoms with E-state index in [9.17, 15) is 9.90 Å². The minimum absolute atomic E-state index is 0.173. The number of ether oxygens (including phenoxy) is 1. The van der Waals surface area contributed by atoms with Gasteiger partial charge in [0.05, 0.1) is 5.52 Å². The first kappa shape index (κ1) is 14.2. The SMILES string of the molecule is Cc1cnc(C(C)(C)OC(=O)O)c2[nH]c3ccc(O)cc3c12. The van der Waals surface area contributed by atoms with Crippen molar-refractivity contribution >= 4 is 28.0 Å². The van der Waals surface area contributed by atoms with E-state index in [1.807, 2.05) is 6.92 Å². The smallest absolute Gasteiger partial charge is 0.506 e. The second kappa shape index (κ2) is 4.62. The van der Waals surface area contributed by atoms with Gasteiger partial charge in [-0.1, -0.05) is 0 Å². The number of fused-ring (bicyclic) bond motifs is 3. The van der Waals surface area contributed by atoms with Crippen LogP contribution in [0.15, 0.2) is 24.4 Å². The molecule has 0 atom stereocenters. The number of nitrogens with zero attached hydrogens (tertiary/aromatic N) is 1. The third-order valence-electron chi connectivity index (χ3n) is 3.71. The van der Waals surface area contributed by atoms with Gasteiger partial charge in [0.1, 0.15) is 11.4 Å². The zero-order chi connectivity index (χ0) is 16.1. The van der Waals surface area contributed by atoms with Gasteiger partial charge in [0.2, 0.25) is 0 Å². The number of H-pyrrole nitrogens is 1. The lowest BCUT2D eigenvalue weighted by Gasteiger charge is -2.23. The van der Waals surface area contributed by atoms with E-state index in [0.29, 0.717) is 11.2 Å². The lowest BCUT2D eigenvalue weighted by molar-refractivity contribution is -0.000622. The Bertz CT molecular complexity index is 896. The second-order valence-corrected chi connectivity index (χ2v) is 5.77. The molecule has 3 rings (SSSR count). The molecule has 22 heavy (non-hydrogen) atoms. The van der Waals surface area contributed by atoms with Crippen molar-refractivity contribution in [2.45, 2.75) is 26.4 Å². The van der Waals surface area contributed by atoms with Crippen molar-refractivity contribution in [2.24, 2.45) is 0 Å². The number of aromatic hydroxyl groups is 1. The van der Waals surface area contributed by atoms with E-state index in [1.54, 1.807) is 38.2 Å². The van der Waals surface area contributed by atoms with E-state index in [1.165, 1.54) is 0 Å². The molecule has 0 aliphatic rings. The van der Waals surface area contributed by atoms with Crippen LogP contribution in [0.1, 0.15) is 25.1 Å². The van der Waals surface area contributed by atoms with Crippen molar-refractivity contribution in [2.75, 3.05) is 0 Å². The Kier molecular flexibility index (Phi) is 2.98. The van der Waals surface area contributed by atoms with Gasteiger partial charge in [0, 0.05) is 22.5 Å². The summed E-state index contributed by atoms with van der Waals surface area (Å²) in [7, 11) is 0. The molecular weight excluding hydrogens is 284 g/mol. The highest BCUT2D eigenvalue weighted by Gasteiger charge is 2.30. The molecule has 2 aromatic heterocycles. The molecule has 0 spiro atoms. The Morgan fingerprint density at radius 1 is 1.36 bits per heavy atom. The zero-order valence-electron chi connectivity index (χ0n) is 12.5. The predicted molar refractivity (Wildman–Crippen MR) is 82.1 cm³/mol. The van der Waals surface area contributed by atoms with Crippen LogP contribution in [-0.4, -0.2) is 26.3 Å². The number of aromatic nitrogens is 2. The number of phenols is 1. The van der Waals surface area contributed by atoms with Gasteiger partial charge in [0.25, 0.3) is 0 Å². The maximum atomic E-state index is 10.9. The third-order valence-corrected chi connectivity index (χ3v) is 3.71. The number of aryl methyl sites for hydroxylation is 1. The van der Waals surface area contributed by atoms with E-state index in [0.717, 1.165) is 21.9 Å². The molecule has 114 valence electrons. The number of carboxylic acid groups (broad SMARTS) is 1. The molecule has 6 nitrogen and oxygen atoms in total. The highest BCUT2D eigenvalue weighted by Crippen LogP contribution is 2.36. The van der Waals surface area contributed by atoms with Gasteiger partial charge < -0.3 is 19.9 Å². The van der Waals surface area contributed by atoms with Crippen molar-refractivity contribution in [3.63, 3.8) is 0 Å². The molecule has 0 radical (unpaired) electrons. The molecule has 3 N–H and O–H groups in total. The van der Waals surface area contributed by atoms with Crippen LogP contribution < -0.4 is 0 Å². The fourth-order valence-electron chi connectivity index (χ4n) is 2.78.